The molecule has 5 nitrogen and oxygen atoms in total. The predicted molar refractivity (Wildman–Crippen MR) is 80.3 cm³/mol. The fraction of sp³-hybridized carbons (Fsp3) is 0.250. The van der Waals surface area contributed by atoms with Gasteiger partial charge in [0, 0.05) is 6.07 Å². The summed E-state index contributed by atoms with van der Waals surface area (Å²) in [6.07, 6.45) is 0. The summed E-state index contributed by atoms with van der Waals surface area (Å²) in [5.41, 5.74) is 3.75. The first-order valence-corrected chi connectivity index (χ1v) is 6.82. The summed E-state index contributed by atoms with van der Waals surface area (Å²) in [7, 11) is 0. The lowest BCUT2D eigenvalue weighted by Gasteiger charge is -2.27. The Labute approximate surface area is 122 Å². The molecule has 0 bridgehead atoms. The zero-order valence-electron chi connectivity index (χ0n) is 11.7. The minimum absolute atomic E-state index is 0.0728. The summed E-state index contributed by atoms with van der Waals surface area (Å²) in [6.45, 7) is 2.93. The predicted octanol–water partition coefficient (Wildman–Crippen LogP) is 3.59. The first-order chi connectivity index (χ1) is 10.1. The van der Waals surface area contributed by atoms with Crippen LogP contribution in [0.15, 0.2) is 42.5 Å². The van der Waals surface area contributed by atoms with Crippen molar-refractivity contribution in [2.24, 2.45) is 0 Å². The molecule has 21 heavy (non-hydrogen) atoms. The molecule has 1 aliphatic rings. The van der Waals surface area contributed by atoms with Gasteiger partial charge in [-0.25, -0.2) is 0 Å². The second-order valence-electron chi connectivity index (χ2n) is 5.19. The lowest BCUT2D eigenvalue weighted by atomic mass is 9.98. The molecule has 0 fully saturated rings. The molecule has 0 amide bonds. The molecule has 2 aromatic carbocycles. The third-order valence-corrected chi connectivity index (χ3v) is 3.65. The average molecular weight is 284 g/mol. The van der Waals surface area contributed by atoms with Crippen LogP contribution >= 0.6 is 0 Å². The normalized spacial score (nSPS) is 17.1. The Morgan fingerprint density at radius 1 is 1.29 bits per heavy atom. The number of nitrogens with zero attached hydrogens (tertiary/aromatic N) is 1. The molecule has 0 saturated carbocycles. The maximum Gasteiger partial charge on any atom is 0.292 e. The minimum atomic E-state index is -0.356. The highest BCUT2D eigenvalue weighted by Crippen LogP contribution is 2.32. The molecule has 1 N–H and O–H groups in total. The zero-order valence-corrected chi connectivity index (χ0v) is 11.7. The highest BCUT2D eigenvalue weighted by molar-refractivity contribution is 5.63. The van der Waals surface area contributed by atoms with Gasteiger partial charge in [0.05, 0.1) is 24.2 Å². The van der Waals surface area contributed by atoms with Gasteiger partial charge in [0.1, 0.15) is 5.69 Å². The van der Waals surface area contributed by atoms with E-state index in [1.807, 2.05) is 37.3 Å². The van der Waals surface area contributed by atoms with E-state index in [0.29, 0.717) is 18.9 Å². The van der Waals surface area contributed by atoms with Crippen molar-refractivity contribution in [2.45, 2.75) is 19.6 Å². The summed E-state index contributed by atoms with van der Waals surface area (Å²) in [5, 5.41) is 14.4. The van der Waals surface area contributed by atoms with E-state index >= 15 is 0 Å². The zero-order chi connectivity index (χ0) is 14.8. The number of nitro benzene ring substituents is 1. The van der Waals surface area contributed by atoms with E-state index in [1.54, 1.807) is 12.1 Å². The number of hydrogen-bond acceptors (Lipinski definition) is 4. The van der Waals surface area contributed by atoms with Gasteiger partial charge in [0.25, 0.3) is 5.69 Å². The highest BCUT2D eigenvalue weighted by atomic mass is 16.6. The Bertz CT molecular complexity index is 685. The number of anilines is 1. The van der Waals surface area contributed by atoms with Crippen molar-refractivity contribution in [3.63, 3.8) is 0 Å². The number of rotatable bonds is 3. The van der Waals surface area contributed by atoms with Gasteiger partial charge < -0.3 is 10.1 Å². The molecule has 0 aromatic heterocycles. The highest BCUT2D eigenvalue weighted by Gasteiger charge is 2.23. The first-order valence-electron chi connectivity index (χ1n) is 6.82. The fourth-order valence-corrected chi connectivity index (χ4v) is 2.60. The molecule has 1 atom stereocenters. The van der Waals surface area contributed by atoms with Crippen LogP contribution in [0.4, 0.5) is 11.4 Å². The van der Waals surface area contributed by atoms with E-state index < -0.39 is 0 Å². The minimum Gasteiger partial charge on any atom is -0.374 e. The first kappa shape index (κ1) is 13.6. The van der Waals surface area contributed by atoms with Gasteiger partial charge in [-0.1, -0.05) is 30.3 Å². The quantitative estimate of drug-likeness (QED) is 0.691. The number of benzene rings is 2. The van der Waals surface area contributed by atoms with Crippen LogP contribution in [0, 0.1) is 17.0 Å². The van der Waals surface area contributed by atoms with Gasteiger partial charge >= 0.3 is 0 Å². The Balaban J connectivity index is 1.93. The number of ether oxygens (including phenoxy) is 1. The molecular formula is C16H16N2O3. The second-order valence-corrected chi connectivity index (χ2v) is 5.19. The number of aryl methyl sites for hydroxylation is 1. The van der Waals surface area contributed by atoms with Crippen molar-refractivity contribution >= 4 is 11.4 Å². The van der Waals surface area contributed by atoms with Crippen LogP contribution in [-0.2, 0) is 11.3 Å². The van der Waals surface area contributed by atoms with Crippen LogP contribution in [0.25, 0.3) is 0 Å². The van der Waals surface area contributed by atoms with Crippen molar-refractivity contribution < 1.29 is 9.66 Å². The van der Waals surface area contributed by atoms with E-state index in [0.717, 1.165) is 16.7 Å². The Morgan fingerprint density at radius 3 is 2.90 bits per heavy atom. The maximum absolute atomic E-state index is 11.2. The summed E-state index contributed by atoms with van der Waals surface area (Å²) >= 11 is 0. The largest absolute Gasteiger partial charge is 0.374 e. The molecule has 0 aliphatic carbocycles. The third kappa shape index (κ3) is 2.73. The van der Waals surface area contributed by atoms with E-state index in [1.165, 1.54) is 0 Å². The molecule has 1 heterocycles. The molecule has 0 radical (unpaired) electrons. The van der Waals surface area contributed by atoms with Gasteiger partial charge in [-0.2, -0.15) is 0 Å². The van der Waals surface area contributed by atoms with Crippen molar-refractivity contribution in [3.8, 4) is 0 Å². The lowest BCUT2D eigenvalue weighted by Crippen LogP contribution is -2.23. The SMILES string of the molecule is Cc1ccc(NC2COCc3ccccc32)c([N+](=O)[O-])c1. The monoisotopic (exact) mass is 284 g/mol. The molecule has 0 saturated heterocycles. The molecule has 2 aromatic rings. The topological polar surface area (TPSA) is 64.4 Å². The lowest BCUT2D eigenvalue weighted by molar-refractivity contribution is -0.384. The van der Waals surface area contributed by atoms with Crippen molar-refractivity contribution in [2.75, 3.05) is 11.9 Å². The van der Waals surface area contributed by atoms with Crippen LogP contribution in [0.1, 0.15) is 22.7 Å². The smallest absolute Gasteiger partial charge is 0.292 e. The number of hydrogen-bond donors (Lipinski definition) is 1. The van der Waals surface area contributed by atoms with Gasteiger partial charge in [-0.15, -0.1) is 0 Å². The molecule has 1 unspecified atom stereocenters. The van der Waals surface area contributed by atoms with Crippen LogP contribution in [0.5, 0.6) is 0 Å². The van der Waals surface area contributed by atoms with Crippen molar-refractivity contribution in [3.05, 3.63) is 69.3 Å². The van der Waals surface area contributed by atoms with E-state index in [2.05, 4.69) is 5.32 Å². The summed E-state index contributed by atoms with van der Waals surface area (Å²) < 4.78 is 5.57. The van der Waals surface area contributed by atoms with Crippen LogP contribution in [0.2, 0.25) is 0 Å². The van der Waals surface area contributed by atoms with Crippen LogP contribution in [0.3, 0.4) is 0 Å². The number of nitrogens with one attached hydrogen (secondary N) is 1. The van der Waals surface area contributed by atoms with Gasteiger partial charge in [-0.05, 0) is 29.7 Å². The fourth-order valence-electron chi connectivity index (χ4n) is 2.60. The summed E-state index contributed by atoms with van der Waals surface area (Å²) in [6, 6.07) is 13.1. The second kappa shape index (κ2) is 5.54. The van der Waals surface area contributed by atoms with E-state index in [4.69, 9.17) is 4.74 Å². The molecular weight excluding hydrogens is 268 g/mol. The molecule has 3 rings (SSSR count). The summed E-state index contributed by atoms with van der Waals surface area (Å²) in [4.78, 5) is 10.8. The van der Waals surface area contributed by atoms with Crippen molar-refractivity contribution in [1.82, 2.24) is 0 Å². The molecule has 0 spiro atoms. The van der Waals surface area contributed by atoms with Crippen molar-refractivity contribution in [1.29, 1.82) is 0 Å². The molecule has 5 heteroatoms. The summed E-state index contributed by atoms with van der Waals surface area (Å²) in [5.74, 6) is 0. The Morgan fingerprint density at radius 2 is 2.10 bits per heavy atom. The Kier molecular flexibility index (Phi) is 3.58. The third-order valence-electron chi connectivity index (χ3n) is 3.65. The van der Waals surface area contributed by atoms with Gasteiger partial charge in [-0.3, -0.25) is 10.1 Å². The average Bonchev–Trinajstić information content (AvgIpc) is 2.49. The maximum atomic E-state index is 11.2. The number of nitro groups is 1. The molecule has 1 aliphatic heterocycles. The van der Waals surface area contributed by atoms with Gasteiger partial charge in [0.15, 0.2) is 0 Å². The molecule has 108 valence electrons. The van der Waals surface area contributed by atoms with Gasteiger partial charge in [0.2, 0.25) is 0 Å². The Hall–Kier alpha value is -2.40. The van der Waals surface area contributed by atoms with Crippen LogP contribution in [-0.4, -0.2) is 11.5 Å². The number of fused-ring (bicyclic) bond motifs is 1. The van der Waals surface area contributed by atoms with E-state index in [-0.39, 0.29) is 16.7 Å². The van der Waals surface area contributed by atoms with Crippen LogP contribution < -0.4 is 5.32 Å². The standard InChI is InChI=1S/C16H16N2O3/c1-11-6-7-14(16(8-11)18(19)20)17-15-10-21-9-12-4-2-3-5-13(12)15/h2-8,15,17H,9-10H2,1H3. The van der Waals surface area contributed by atoms with E-state index in [9.17, 15) is 10.1 Å².